The van der Waals surface area contributed by atoms with Crippen molar-refractivity contribution in [1.29, 1.82) is 0 Å². The zero-order valence-corrected chi connectivity index (χ0v) is 10.1. The molecular weight excluding hydrogens is 400 g/mol. The molecule has 1 atom stereocenters. The normalized spacial score (nSPS) is 17.4. The van der Waals surface area contributed by atoms with Crippen molar-refractivity contribution in [2.75, 3.05) is 0 Å². The van der Waals surface area contributed by atoms with Gasteiger partial charge in [-0.05, 0) is 0 Å². The van der Waals surface area contributed by atoms with Crippen molar-refractivity contribution >= 4 is 0 Å². The first-order chi connectivity index (χ1) is 10.1. The number of hydrogen-bond donors (Lipinski definition) is 0. The van der Waals surface area contributed by atoms with Gasteiger partial charge in [-0.15, -0.1) is 0 Å². The van der Waals surface area contributed by atoms with Crippen LogP contribution in [0, 0.1) is 6.43 Å². The van der Waals surface area contributed by atoms with Gasteiger partial charge in [-0.3, -0.25) is 0 Å². The topological polar surface area (TPSA) is 0 Å². The van der Waals surface area contributed by atoms with Gasteiger partial charge in [-0.25, -0.2) is 4.39 Å². The van der Waals surface area contributed by atoms with E-state index in [2.05, 4.69) is 0 Å². The largest absolute Gasteiger partial charge is 0.460 e. The Labute approximate surface area is 120 Å². The Hall–Kier alpha value is -1.12. The lowest BCUT2D eigenvalue weighted by atomic mass is 9.92. The minimum atomic E-state index is -8.29. The van der Waals surface area contributed by atoms with Gasteiger partial charge in [0.1, 0.15) is 0 Å². The van der Waals surface area contributed by atoms with E-state index in [1.54, 1.807) is 0 Å². The maximum Gasteiger partial charge on any atom is 0.460 e. The summed E-state index contributed by atoms with van der Waals surface area (Å²) in [6.45, 7) is 0. The van der Waals surface area contributed by atoms with Crippen molar-refractivity contribution < 1.29 is 70.2 Å². The monoisotopic (exact) mass is 401 g/mol. The molecule has 0 saturated heterocycles. The van der Waals surface area contributed by atoms with Crippen molar-refractivity contribution in [3.8, 4) is 0 Å². The maximum absolute atomic E-state index is 12.7. The summed E-state index contributed by atoms with van der Waals surface area (Å²) in [5.74, 6) is -40.1. The molecule has 0 N–H and O–H groups in total. The van der Waals surface area contributed by atoms with E-state index >= 15 is 0 Å². The lowest BCUT2D eigenvalue weighted by Crippen LogP contribution is -2.71. The van der Waals surface area contributed by atoms with E-state index in [1.807, 2.05) is 0 Å². The van der Waals surface area contributed by atoms with Crippen molar-refractivity contribution in [2.45, 2.75) is 42.0 Å². The molecule has 0 amide bonds. The molecule has 1 radical (unpaired) electrons. The highest BCUT2D eigenvalue weighted by molar-refractivity contribution is 5.12. The molecule has 0 aliphatic rings. The molecule has 1 unspecified atom stereocenters. The van der Waals surface area contributed by atoms with Crippen LogP contribution < -0.4 is 0 Å². The van der Waals surface area contributed by atoms with Crippen LogP contribution in [0.2, 0.25) is 0 Å². The van der Waals surface area contributed by atoms with Gasteiger partial charge in [0.25, 0.3) is 0 Å². The van der Waals surface area contributed by atoms with Crippen LogP contribution in [-0.2, 0) is 0 Å². The second kappa shape index (κ2) is 5.71. The van der Waals surface area contributed by atoms with Gasteiger partial charge in [-0.2, -0.15) is 65.9 Å². The molecule has 0 bridgehead atoms. The van der Waals surface area contributed by atoms with Gasteiger partial charge in [0.2, 0.25) is 6.17 Å². The smallest absolute Gasteiger partial charge is 0.234 e. The highest BCUT2D eigenvalue weighted by atomic mass is 19.4. The third kappa shape index (κ3) is 2.84. The fourth-order valence-corrected chi connectivity index (χ4v) is 1.08. The second-order valence-electron chi connectivity index (χ2n) is 4.07. The van der Waals surface area contributed by atoms with Crippen molar-refractivity contribution in [2.24, 2.45) is 0 Å². The summed E-state index contributed by atoms with van der Waals surface area (Å²) in [5.41, 5.74) is 0. The average molecular weight is 401 g/mol. The van der Waals surface area contributed by atoms with Crippen LogP contribution in [0.5, 0.6) is 0 Å². The summed E-state index contributed by atoms with van der Waals surface area (Å²) < 4.78 is 196. The lowest BCUT2D eigenvalue weighted by molar-refractivity contribution is -0.443. The third-order valence-electron chi connectivity index (χ3n) is 2.47. The maximum atomic E-state index is 12.7. The predicted molar refractivity (Wildman–Crippen MR) is 41.1 cm³/mol. The van der Waals surface area contributed by atoms with Crippen LogP contribution in [0.25, 0.3) is 0 Å². The molecule has 0 aliphatic carbocycles. The van der Waals surface area contributed by atoms with E-state index in [-0.39, 0.29) is 0 Å². The van der Waals surface area contributed by atoms with E-state index in [4.69, 9.17) is 0 Å². The summed E-state index contributed by atoms with van der Waals surface area (Å²) in [6, 6.07) is 0. The highest BCUT2D eigenvalue weighted by Gasteiger charge is 2.91. The van der Waals surface area contributed by atoms with Gasteiger partial charge in [0.15, 0.2) is 0 Å². The van der Waals surface area contributed by atoms with Gasteiger partial charge in [0.05, 0.1) is 0 Å². The standard InChI is InChI=1S/C8HF16/c9-1(2(10)11)3(12,13)4(14,15)5(16,17)6(18,19)7(20,21)8(22,23)24/h1H. The SMILES string of the molecule is F[C](F)C(F)C(F)(F)C(F)(F)C(F)(F)C(F)(F)C(F)(F)C(F)(F)F. The summed E-state index contributed by atoms with van der Waals surface area (Å²) in [5, 5.41) is 0. The molecule has 24 heavy (non-hydrogen) atoms. The highest BCUT2D eigenvalue weighted by Crippen LogP contribution is 2.61. The van der Waals surface area contributed by atoms with Gasteiger partial charge >= 0.3 is 42.2 Å². The van der Waals surface area contributed by atoms with Crippen LogP contribution in [0.15, 0.2) is 0 Å². The fraction of sp³-hybridized carbons (Fsp3) is 0.875. The quantitative estimate of drug-likeness (QED) is 0.517. The van der Waals surface area contributed by atoms with Crippen LogP contribution in [-0.4, -0.2) is 42.0 Å². The molecule has 0 nitrogen and oxygen atoms in total. The van der Waals surface area contributed by atoms with Crippen LogP contribution in [0.1, 0.15) is 0 Å². The molecule has 16 heteroatoms. The molecular formula is C8HF16. The summed E-state index contributed by atoms with van der Waals surface area (Å²) in [4.78, 5) is 0. The Morgan fingerprint density at radius 1 is 0.500 bits per heavy atom. The predicted octanol–water partition coefficient (Wildman–Crippen LogP) is 5.49. The average Bonchev–Trinajstić information content (AvgIpc) is 2.35. The summed E-state index contributed by atoms with van der Waals surface area (Å²) >= 11 is 0. The van der Waals surface area contributed by atoms with Crippen LogP contribution in [0.4, 0.5) is 70.2 Å². The van der Waals surface area contributed by atoms with E-state index in [1.165, 1.54) is 0 Å². The molecule has 0 aliphatic heterocycles. The zero-order chi connectivity index (χ0) is 20.2. The minimum Gasteiger partial charge on any atom is -0.234 e. The van der Waals surface area contributed by atoms with Crippen LogP contribution >= 0.6 is 0 Å². The van der Waals surface area contributed by atoms with E-state index < -0.39 is 48.4 Å². The van der Waals surface area contributed by atoms with Gasteiger partial charge in [-0.1, -0.05) is 0 Å². The Morgan fingerprint density at radius 2 is 0.792 bits per heavy atom. The number of hydrogen-bond acceptors (Lipinski definition) is 0. The number of rotatable bonds is 6. The molecule has 0 rings (SSSR count). The summed E-state index contributed by atoms with van der Waals surface area (Å²) in [6.07, 6.45) is -17.6. The van der Waals surface area contributed by atoms with E-state index in [0.717, 1.165) is 0 Å². The first kappa shape index (κ1) is 22.9. The summed E-state index contributed by atoms with van der Waals surface area (Å²) in [7, 11) is 0. The van der Waals surface area contributed by atoms with Crippen molar-refractivity contribution in [3.05, 3.63) is 6.43 Å². The van der Waals surface area contributed by atoms with E-state index in [9.17, 15) is 70.2 Å². The fourth-order valence-electron chi connectivity index (χ4n) is 1.08. The molecule has 0 heterocycles. The Morgan fingerprint density at radius 3 is 1.04 bits per heavy atom. The van der Waals surface area contributed by atoms with Gasteiger partial charge in [0, 0.05) is 0 Å². The number of alkyl halides is 14. The third-order valence-corrected chi connectivity index (χ3v) is 2.47. The molecule has 0 fully saturated rings. The Kier molecular flexibility index (Phi) is 5.44. The molecule has 0 saturated carbocycles. The zero-order valence-electron chi connectivity index (χ0n) is 10.1. The van der Waals surface area contributed by atoms with Gasteiger partial charge < -0.3 is 0 Å². The molecule has 145 valence electrons. The van der Waals surface area contributed by atoms with Crippen molar-refractivity contribution in [3.63, 3.8) is 0 Å². The number of halogens is 16. The molecule has 0 aromatic rings. The molecule has 0 aromatic heterocycles. The van der Waals surface area contributed by atoms with Crippen LogP contribution in [0.3, 0.4) is 0 Å². The van der Waals surface area contributed by atoms with E-state index in [0.29, 0.717) is 0 Å². The first-order valence-corrected chi connectivity index (χ1v) is 4.88. The molecule has 0 spiro atoms. The lowest BCUT2D eigenvalue weighted by Gasteiger charge is -2.40. The Balaban J connectivity index is 6.31. The second-order valence-corrected chi connectivity index (χ2v) is 4.07. The first-order valence-electron chi connectivity index (χ1n) is 4.88. The Bertz CT molecular complexity index is 443. The minimum absolute atomic E-state index is 4.35. The molecule has 0 aromatic carbocycles. The van der Waals surface area contributed by atoms with Crippen molar-refractivity contribution in [1.82, 2.24) is 0 Å².